The summed E-state index contributed by atoms with van der Waals surface area (Å²) in [5.41, 5.74) is 0.313. The maximum Gasteiger partial charge on any atom is 0.276 e. The van der Waals surface area contributed by atoms with Crippen molar-refractivity contribution in [3.05, 3.63) is 24.3 Å². The van der Waals surface area contributed by atoms with E-state index in [1.165, 1.54) is 88.8 Å². The smallest absolute Gasteiger partial charge is 0.276 e. The Labute approximate surface area is 354 Å². The SMILES string of the molecule is CC.CC.CCC1(C(=O)NCC(C)(C)COCC(C)(C)COc2ccc(-c3nnc(SC)o3)cc2)CC(NC)C1.CCCCCCCCCCCCCCCC=O. The Morgan fingerprint density at radius 3 is 1.82 bits per heavy atom. The molecule has 330 valence electrons. The molecule has 1 amide bonds. The van der Waals surface area contributed by atoms with Gasteiger partial charge in [0.1, 0.15) is 12.0 Å². The number of nitrogens with zero attached hydrogens (tertiary/aromatic N) is 2. The van der Waals surface area contributed by atoms with Crippen molar-refractivity contribution in [1.29, 1.82) is 0 Å². The number of hydrogen-bond donors (Lipinski definition) is 2. The Kier molecular flexibility index (Phi) is 31.0. The molecule has 10 heteroatoms. The molecule has 1 aromatic carbocycles. The second-order valence-electron chi connectivity index (χ2n) is 16.6. The van der Waals surface area contributed by atoms with Crippen molar-refractivity contribution in [3.63, 3.8) is 0 Å². The first kappa shape index (κ1) is 54.6. The zero-order chi connectivity index (χ0) is 43.0. The van der Waals surface area contributed by atoms with Gasteiger partial charge in [0, 0.05) is 35.4 Å². The van der Waals surface area contributed by atoms with Crippen LogP contribution in [0.1, 0.15) is 178 Å². The lowest BCUT2D eigenvalue weighted by atomic mass is 9.63. The molecule has 57 heavy (non-hydrogen) atoms. The monoisotopic (exact) mass is 819 g/mol. The highest BCUT2D eigenvalue weighted by Crippen LogP contribution is 2.44. The molecule has 3 rings (SSSR count). The normalized spacial score (nSPS) is 16.1. The second-order valence-corrected chi connectivity index (χ2v) is 17.4. The van der Waals surface area contributed by atoms with E-state index in [-0.39, 0.29) is 22.2 Å². The largest absolute Gasteiger partial charge is 0.493 e. The van der Waals surface area contributed by atoms with Gasteiger partial charge in [-0.2, -0.15) is 0 Å². The summed E-state index contributed by atoms with van der Waals surface area (Å²) in [7, 11) is 1.96. The van der Waals surface area contributed by atoms with Crippen LogP contribution in [0, 0.1) is 16.2 Å². The predicted molar refractivity (Wildman–Crippen MR) is 242 cm³/mol. The van der Waals surface area contributed by atoms with E-state index in [1.807, 2.05) is 65.3 Å². The number of aldehydes is 1. The number of carbonyl (C=O) groups is 2. The molecular formula is C47H86N4O5S. The molecule has 1 aromatic heterocycles. The lowest BCUT2D eigenvalue weighted by molar-refractivity contribution is -0.138. The van der Waals surface area contributed by atoms with E-state index in [0.29, 0.717) is 43.5 Å². The van der Waals surface area contributed by atoms with Gasteiger partial charge in [0.25, 0.3) is 5.22 Å². The molecule has 0 aliphatic heterocycles. The van der Waals surface area contributed by atoms with Gasteiger partial charge in [-0.15, -0.1) is 10.2 Å². The first-order valence-electron chi connectivity index (χ1n) is 22.5. The topological polar surface area (TPSA) is 116 Å². The summed E-state index contributed by atoms with van der Waals surface area (Å²) in [4.78, 5) is 23.0. The molecule has 1 fully saturated rings. The van der Waals surface area contributed by atoms with Crippen LogP contribution in [0.2, 0.25) is 0 Å². The summed E-state index contributed by atoms with van der Waals surface area (Å²) < 4.78 is 17.7. The third-order valence-corrected chi connectivity index (χ3v) is 10.8. The molecule has 0 saturated heterocycles. The van der Waals surface area contributed by atoms with Crippen molar-refractivity contribution in [2.24, 2.45) is 16.2 Å². The van der Waals surface area contributed by atoms with Crippen LogP contribution in [0.15, 0.2) is 33.9 Å². The van der Waals surface area contributed by atoms with E-state index in [0.717, 1.165) is 49.7 Å². The average Bonchev–Trinajstić information content (AvgIpc) is 3.70. The molecule has 0 atom stereocenters. The third-order valence-electron chi connectivity index (χ3n) is 10.3. The van der Waals surface area contributed by atoms with Crippen molar-refractivity contribution in [2.75, 3.05) is 39.7 Å². The van der Waals surface area contributed by atoms with Crippen LogP contribution in [-0.4, -0.2) is 68.1 Å². The van der Waals surface area contributed by atoms with Gasteiger partial charge in [-0.3, -0.25) is 4.79 Å². The Balaban J connectivity index is 0.00000126. The highest BCUT2D eigenvalue weighted by atomic mass is 32.2. The Hall–Kier alpha value is -2.43. The molecule has 0 unspecified atom stereocenters. The molecule has 0 radical (unpaired) electrons. The van der Waals surface area contributed by atoms with Crippen LogP contribution in [0.5, 0.6) is 5.75 Å². The molecule has 1 heterocycles. The Morgan fingerprint density at radius 1 is 0.825 bits per heavy atom. The molecule has 0 spiro atoms. The molecular weight excluding hydrogens is 733 g/mol. The van der Waals surface area contributed by atoms with E-state index in [1.54, 1.807) is 0 Å². The van der Waals surface area contributed by atoms with Gasteiger partial charge >= 0.3 is 0 Å². The minimum absolute atomic E-state index is 0.158. The lowest BCUT2D eigenvalue weighted by Crippen LogP contribution is -2.56. The zero-order valence-corrected chi connectivity index (χ0v) is 39.5. The number of carbonyl (C=O) groups excluding carboxylic acids is 2. The summed E-state index contributed by atoms with van der Waals surface area (Å²) in [5.74, 6) is 1.45. The van der Waals surface area contributed by atoms with Crippen LogP contribution in [0.4, 0.5) is 0 Å². The number of rotatable bonds is 28. The summed E-state index contributed by atoms with van der Waals surface area (Å²) >= 11 is 1.42. The van der Waals surface area contributed by atoms with Crippen LogP contribution >= 0.6 is 11.8 Å². The first-order valence-corrected chi connectivity index (χ1v) is 23.7. The standard InChI is InChI=1S/C27H42N4O4S.C16H32O.2C2H6/c1-8-27(13-20(14-27)28-6)23(32)29-15-25(2,3)16-33-17-26(4,5)18-34-21-11-9-19(10-12-21)22-30-31-24(35-22)36-7;1-2-3-4-5-6-7-8-9-10-11-12-13-14-15-16-17;2*1-2/h9-12,20,28H,8,13-18H2,1-7H3,(H,29,32);16H,2-15H2,1H3;2*1-2H3. The van der Waals surface area contributed by atoms with Crippen LogP contribution in [0.3, 0.4) is 0 Å². The highest BCUT2D eigenvalue weighted by Gasteiger charge is 2.48. The van der Waals surface area contributed by atoms with E-state index >= 15 is 0 Å². The summed E-state index contributed by atoms with van der Waals surface area (Å²) in [6.45, 7) is 23.1. The fraction of sp³-hybridized carbons (Fsp3) is 0.787. The molecule has 2 aromatic rings. The number of hydrogen-bond acceptors (Lipinski definition) is 9. The minimum atomic E-state index is -0.217. The number of amides is 1. The highest BCUT2D eigenvalue weighted by molar-refractivity contribution is 7.98. The number of benzene rings is 1. The maximum atomic E-state index is 12.8. The van der Waals surface area contributed by atoms with Crippen molar-refractivity contribution in [1.82, 2.24) is 20.8 Å². The molecule has 0 bridgehead atoms. The maximum absolute atomic E-state index is 12.8. The van der Waals surface area contributed by atoms with Gasteiger partial charge in [0.15, 0.2) is 0 Å². The van der Waals surface area contributed by atoms with Gasteiger partial charge in [0.05, 0.1) is 25.2 Å². The van der Waals surface area contributed by atoms with E-state index in [4.69, 9.17) is 13.9 Å². The van der Waals surface area contributed by atoms with Crippen molar-refractivity contribution < 1.29 is 23.5 Å². The van der Waals surface area contributed by atoms with E-state index in [2.05, 4.69) is 62.4 Å². The molecule has 1 aliphatic carbocycles. The summed E-state index contributed by atoms with van der Waals surface area (Å²) in [6, 6.07) is 8.10. The van der Waals surface area contributed by atoms with Crippen LogP contribution in [-0.2, 0) is 14.3 Å². The Morgan fingerprint density at radius 2 is 1.35 bits per heavy atom. The number of thioether (sulfide) groups is 1. The van der Waals surface area contributed by atoms with E-state index < -0.39 is 0 Å². The number of unbranched alkanes of at least 4 members (excludes halogenated alkanes) is 13. The number of nitrogens with one attached hydrogen (secondary N) is 2. The van der Waals surface area contributed by atoms with Crippen molar-refractivity contribution in [2.45, 2.75) is 190 Å². The van der Waals surface area contributed by atoms with Crippen molar-refractivity contribution >= 4 is 24.0 Å². The number of aromatic nitrogens is 2. The van der Waals surface area contributed by atoms with E-state index in [9.17, 15) is 9.59 Å². The second kappa shape index (κ2) is 32.4. The third kappa shape index (κ3) is 23.7. The van der Waals surface area contributed by atoms with Crippen LogP contribution in [0.25, 0.3) is 11.5 Å². The van der Waals surface area contributed by atoms with Gasteiger partial charge in [-0.25, -0.2) is 0 Å². The fourth-order valence-corrected chi connectivity index (χ4v) is 6.84. The molecule has 9 nitrogen and oxygen atoms in total. The minimum Gasteiger partial charge on any atom is -0.493 e. The van der Waals surface area contributed by atoms with Gasteiger partial charge in [0.2, 0.25) is 11.8 Å². The number of ether oxygens (including phenoxy) is 2. The first-order chi connectivity index (χ1) is 27.4. The van der Waals surface area contributed by atoms with Crippen LogP contribution < -0.4 is 15.4 Å². The molecule has 2 N–H and O–H groups in total. The summed E-state index contributed by atoms with van der Waals surface area (Å²) in [5, 5.41) is 15.0. The van der Waals surface area contributed by atoms with Crippen molar-refractivity contribution in [3.8, 4) is 17.2 Å². The molecule has 1 saturated carbocycles. The Bertz CT molecular complexity index is 1260. The van der Waals surface area contributed by atoms with Gasteiger partial charge in [-0.1, -0.05) is 158 Å². The summed E-state index contributed by atoms with van der Waals surface area (Å²) in [6.07, 6.45) is 24.2. The average molecular weight is 819 g/mol. The predicted octanol–water partition coefficient (Wildman–Crippen LogP) is 12.5. The lowest BCUT2D eigenvalue weighted by Gasteiger charge is -2.46. The van der Waals surface area contributed by atoms with Gasteiger partial charge < -0.3 is 29.3 Å². The van der Waals surface area contributed by atoms with Gasteiger partial charge in [-0.05, 0) is 63.3 Å². The quantitative estimate of drug-likeness (QED) is 0.0492. The zero-order valence-electron chi connectivity index (χ0n) is 38.7. The molecule has 1 aliphatic rings. The fourth-order valence-electron chi connectivity index (χ4n) is 6.55.